The minimum atomic E-state index is 0.262. The zero-order chi connectivity index (χ0) is 15.3. The van der Waals surface area contributed by atoms with Crippen molar-refractivity contribution in [2.24, 2.45) is 0 Å². The van der Waals surface area contributed by atoms with Crippen LogP contribution in [-0.2, 0) is 4.74 Å². The highest BCUT2D eigenvalue weighted by Gasteiger charge is 2.20. The first kappa shape index (κ1) is 16.7. The summed E-state index contributed by atoms with van der Waals surface area (Å²) in [6.45, 7) is 12.0. The Hall–Kier alpha value is -1.36. The maximum Gasteiger partial charge on any atom is 0.137 e. The van der Waals surface area contributed by atoms with Crippen LogP contribution in [0.25, 0.3) is 0 Å². The molecule has 114 valence electrons. The van der Waals surface area contributed by atoms with Crippen LogP contribution in [0.3, 0.4) is 0 Å². The molecule has 0 aromatic carbocycles. The van der Waals surface area contributed by atoms with Crippen LogP contribution in [0.2, 0.25) is 0 Å². The number of anilines is 2. The largest absolute Gasteiger partial charge is 0.383 e. The highest BCUT2D eigenvalue weighted by atomic mass is 16.5. The zero-order valence-corrected chi connectivity index (χ0v) is 13.6. The van der Waals surface area contributed by atoms with Gasteiger partial charge in [-0.2, -0.15) is 0 Å². The third-order valence-electron chi connectivity index (χ3n) is 3.62. The quantitative estimate of drug-likeness (QED) is 0.832. The molecule has 5 nitrogen and oxygen atoms in total. The molecule has 2 N–H and O–H groups in total. The first-order chi connectivity index (χ1) is 9.42. The smallest absolute Gasteiger partial charge is 0.137 e. The topological polar surface area (TPSA) is 64.3 Å². The Morgan fingerprint density at radius 2 is 1.90 bits per heavy atom. The molecule has 5 heteroatoms. The van der Waals surface area contributed by atoms with Crippen LogP contribution in [0, 0.1) is 6.92 Å². The van der Waals surface area contributed by atoms with E-state index >= 15 is 0 Å². The van der Waals surface area contributed by atoms with Crippen LogP contribution < -0.4 is 10.6 Å². The number of nitrogens with two attached hydrogens (primary N) is 1. The van der Waals surface area contributed by atoms with Gasteiger partial charge < -0.3 is 15.4 Å². The van der Waals surface area contributed by atoms with Gasteiger partial charge in [-0.1, -0.05) is 20.8 Å². The van der Waals surface area contributed by atoms with E-state index in [9.17, 15) is 0 Å². The van der Waals surface area contributed by atoms with E-state index in [4.69, 9.17) is 15.5 Å². The summed E-state index contributed by atoms with van der Waals surface area (Å²) >= 11 is 0. The second-order valence-corrected chi connectivity index (χ2v) is 5.51. The summed E-state index contributed by atoms with van der Waals surface area (Å²) < 4.78 is 5.22. The minimum absolute atomic E-state index is 0.262. The highest BCUT2D eigenvalue weighted by Crippen LogP contribution is 2.26. The lowest BCUT2D eigenvalue weighted by Gasteiger charge is -2.31. The lowest BCUT2D eigenvalue weighted by Crippen LogP contribution is -2.37. The van der Waals surface area contributed by atoms with Gasteiger partial charge in [0.25, 0.3) is 0 Å². The number of ether oxygens (including phenoxy) is 1. The van der Waals surface area contributed by atoms with E-state index in [1.807, 2.05) is 6.92 Å². The predicted octanol–water partition coefficient (Wildman–Crippen LogP) is 2.74. The highest BCUT2D eigenvalue weighted by molar-refractivity contribution is 5.57. The normalized spacial score (nSPS) is 12.8. The molecule has 20 heavy (non-hydrogen) atoms. The van der Waals surface area contributed by atoms with Crippen molar-refractivity contribution in [1.82, 2.24) is 9.97 Å². The van der Waals surface area contributed by atoms with Crippen LogP contribution >= 0.6 is 0 Å². The lowest BCUT2D eigenvalue weighted by atomic mass is 10.1. The molecule has 0 amide bonds. The summed E-state index contributed by atoms with van der Waals surface area (Å²) in [6, 6.07) is 0.387. The Labute approximate surface area is 122 Å². The van der Waals surface area contributed by atoms with Crippen LogP contribution in [0.4, 0.5) is 11.6 Å². The Morgan fingerprint density at radius 1 is 1.25 bits per heavy atom. The van der Waals surface area contributed by atoms with Crippen molar-refractivity contribution in [1.29, 1.82) is 0 Å². The molecule has 1 heterocycles. The van der Waals surface area contributed by atoms with E-state index < -0.39 is 0 Å². The van der Waals surface area contributed by atoms with Crippen molar-refractivity contribution < 1.29 is 4.74 Å². The molecule has 0 radical (unpaired) electrons. The van der Waals surface area contributed by atoms with E-state index in [1.54, 1.807) is 7.11 Å². The number of methoxy groups -OCH3 is 1. The van der Waals surface area contributed by atoms with Crippen LogP contribution in [0.1, 0.15) is 51.4 Å². The zero-order valence-electron chi connectivity index (χ0n) is 13.6. The van der Waals surface area contributed by atoms with Gasteiger partial charge in [0.1, 0.15) is 17.5 Å². The number of aromatic nitrogens is 2. The van der Waals surface area contributed by atoms with Gasteiger partial charge in [-0.3, -0.25) is 0 Å². The van der Waals surface area contributed by atoms with Crippen LogP contribution in [0.15, 0.2) is 0 Å². The fourth-order valence-electron chi connectivity index (χ4n) is 2.02. The molecular weight excluding hydrogens is 252 g/mol. The number of hydrogen-bond acceptors (Lipinski definition) is 5. The van der Waals surface area contributed by atoms with Gasteiger partial charge in [-0.25, -0.2) is 9.97 Å². The summed E-state index contributed by atoms with van der Waals surface area (Å²) in [5.74, 6) is 2.57. The first-order valence-corrected chi connectivity index (χ1v) is 7.31. The van der Waals surface area contributed by atoms with E-state index in [0.717, 1.165) is 30.2 Å². The fraction of sp³-hybridized carbons (Fsp3) is 0.733. The van der Waals surface area contributed by atoms with Crippen molar-refractivity contribution in [2.75, 3.05) is 30.9 Å². The number of nitrogen functional groups attached to an aromatic ring is 1. The molecule has 0 saturated carbocycles. The molecule has 0 aliphatic rings. The first-order valence-electron chi connectivity index (χ1n) is 7.31. The summed E-state index contributed by atoms with van der Waals surface area (Å²) in [5, 5.41) is 0. The average Bonchev–Trinajstić information content (AvgIpc) is 2.42. The molecule has 0 aliphatic carbocycles. The Morgan fingerprint density at radius 3 is 2.40 bits per heavy atom. The molecule has 0 spiro atoms. The summed E-state index contributed by atoms with van der Waals surface area (Å²) in [7, 11) is 1.72. The monoisotopic (exact) mass is 280 g/mol. The number of rotatable bonds is 7. The molecule has 0 saturated heterocycles. The van der Waals surface area contributed by atoms with E-state index in [-0.39, 0.29) is 5.92 Å². The van der Waals surface area contributed by atoms with Crippen molar-refractivity contribution in [3.63, 3.8) is 0 Å². The molecular formula is C15H28N4O. The van der Waals surface area contributed by atoms with Crippen molar-refractivity contribution in [3.05, 3.63) is 11.4 Å². The summed E-state index contributed by atoms with van der Waals surface area (Å²) in [4.78, 5) is 11.4. The Kier molecular flexibility index (Phi) is 6.20. The lowest BCUT2D eigenvalue weighted by molar-refractivity contribution is 0.203. The van der Waals surface area contributed by atoms with E-state index in [2.05, 4.69) is 37.6 Å². The molecule has 1 unspecified atom stereocenters. The van der Waals surface area contributed by atoms with E-state index in [0.29, 0.717) is 18.5 Å². The fourth-order valence-corrected chi connectivity index (χ4v) is 2.02. The third-order valence-corrected chi connectivity index (χ3v) is 3.62. The van der Waals surface area contributed by atoms with Gasteiger partial charge in [-0.05, 0) is 20.3 Å². The van der Waals surface area contributed by atoms with Gasteiger partial charge in [0, 0.05) is 31.2 Å². The number of hydrogen-bond donors (Lipinski definition) is 1. The Bertz CT molecular complexity index is 434. The van der Waals surface area contributed by atoms with Crippen molar-refractivity contribution in [2.45, 2.75) is 53.0 Å². The van der Waals surface area contributed by atoms with Crippen molar-refractivity contribution >= 4 is 11.6 Å². The third kappa shape index (κ3) is 3.82. The van der Waals surface area contributed by atoms with Gasteiger partial charge in [0.05, 0.1) is 6.61 Å². The number of nitrogens with zero attached hydrogens (tertiary/aromatic N) is 3. The van der Waals surface area contributed by atoms with Gasteiger partial charge in [0.2, 0.25) is 0 Å². The van der Waals surface area contributed by atoms with Gasteiger partial charge in [-0.15, -0.1) is 0 Å². The predicted molar refractivity (Wildman–Crippen MR) is 84.2 cm³/mol. The molecule has 1 aromatic rings. The molecule has 1 atom stereocenters. The molecule has 0 fully saturated rings. The maximum atomic E-state index is 6.06. The standard InChI is InChI=1S/C15H28N4O/c1-7-11(4)19(8-9-20-6)15-12(5)13(16)17-14(18-15)10(2)3/h10-11H,7-9H2,1-6H3,(H2,16,17,18). The second kappa shape index (κ2) is 7.43. The molecule has 1 aromatic heterocycles. The van der Waals surface area contributed by atoms with Crippen molar-refractivity contribution in [3.8, 4) is 0 Å². The Balaban J connectivity index is 3.23. The SMILES string of the molecule is CCC(C)N(CCOC)c1nc(C(C)C)nc(N)c1C. The van der Waals surface area contributed by atoms with Crippen LogP contribution in [0.5, 0.6) is 0 Å². The maximum absolute atomic E-state index is 6.06. The summed E-state index contributed by atoms with van der Waals surface area (Å²) in [5.41, 5.74) is 7.01. The molecule has 0 bridgehead atoms. The van der Waals surface area contributed by atoms with Crippen LogP contribution in [-0.4, -0.2) is 36.3 Å². The molecule has 1 rings (SSSR count). The van der Waals surface area contributed by atoms with Gasteiger partial charge >= 0.3 is 0 Å². The average molecular weight is 280 g/mol. The van der Waals surface area contributed by atoms with E-state index in [1.165, 1.54) is 0 Å². The summed E-state index contributed by atoms with van der Waals surface area (Å²) in [6.07, 6.45) is 1.05. The minimum Gasteiger partial charge on any atom is -0.383 e. The van der Waals surface area contributed by atoms with Gasteiger partial charge in [0.15, 0.2) is 0 Å². The second-order valence-electron chi connectivity index (χ2n) is 5.51. The molecule has 0 aliphatic heterocycles.